The van der Waals surface area contributed by atoms with Gasteiger partial charge >= 0.3 is 5.97 Å². The number of carbonyl (C=O) groups excluding carboxylic acids is 1. The fourth-order valence-corrected chi connectivity index (χ4v) is 3.77. The number of ether oxygens (including phenoxy) is 9. The van der Waals surface area contributed by atoms with Gasteiger partial charge in [-0.3, -0.25) is 0 Å². The molecule has 0 spiro atoms. The van der Waals surface area contributed by atoms with E-state index in [0.717, 1.165) is 19.1 Å². The maximum absolute atomic E-state index is 10.8. The monoisotopic (exact) mass is 606 g/mol. The van der Waals surface area contributed by atoms with Gasteiger partial charge in [0, 0.05) is 12.7 Å². The molecule has 0 fully saturated rings. The molecular formula is C32H62O10. The molecule has 0 amide bonds. The van der Waals surface area contributed by atoms with E-state index in [-0.39, 0.29) is 6.61 Å². The maximum Gasteiger partial charge on any atom is 0.330 e. The number of hydrogen-bond acceptors (Lipinski definition) is 10. The predicted molar refractivity (Wildman–Crippen MR) is 164 cm³/mol. The Bertz CT molecular complexity index is 535. The van der Waals surface area contributed by atoms with E-state index in [1.54, 1.807) is 0 Å². The molecule has 0 saturated heterocycles. The summed E-state index contributed by atoms with van der Waals surface area (Å²) in [6, 6.07) is 0. The lowest BCUT2D eigenvalue weighted by atomic mass is 10.1. The van der Waals surface area contributed by atoms with Crippen molar-refractivity contribution in [2.45, 2.75) is 77.6 Å². The van der Waals surface area contributed by atoms with Crippen LogP contribution in [0.4, 0.5) is 0 Å². The third kappa shape index (κ3) is 36.9. The minimum Gasteiger partial charge on any atom is -0.460 e. The summed E-state index contributed by atoms with van der Waals surface area (Å²) in [5.74, 6) is -0.452. The van der Waals surface area contributed by atoms with Crippen LogP contribution in [0.2, 0.25) is 0 Å². The SMILES string of the molecule is C=CC(=O)OCCOCCOCCOCCOCCOCCOCCOCCOCCCCCCCCCCCCC. The quantitative estimate of drug-likeness (QED) is 0.0536. The van der Waals surface area contributed by atoms with Crippen molar-refractivity contribution >= 4 is 5.97 Å². The normalized spacial score (nSPS) is 11.3. The van der Waals surface area contributed by atoms with Crippen molar-refractivity contribution in [2.24, 2.45) is 0 Å². The number of hydrogen-bond donors (Lipinski definition) is 0. The van der Waals surface area contributed by atoms with E-state index in [2.05, 4.69) is 13.5 Å². The highest BCUT2D eigenvalue weighted by Gasteiger charge is 1.97. The summed E-state index contributed by atoms with van der Waals surface area (Å²) in [7, 11) is 0. The minimum absolute atomic E-state index is 0.207. The van der Waals surface area contributed by atoms with Crippen LogP contribution in [0.1, 0.15) is 77.6 Å². The average Bonchev–Trinajstić information content (AvgIpc) is 3.00. The van der Waals surface area contributed by atoms with Crippen molar-refractivity contribution in [1.82, 2.24) is 0 Å². The molecule has 10 nitrogen and oxygen atoms in total. The molecule has 0 saturated carbocycles. The highest BCUT2D eigenvalue weighted by atomic mass is 16.6. The van der Waals surface area contributed by atoms with Gasteiger partial charge in [-0.25, -0.2) is 4.79 Å². The first-order chi connectivity index (χ1) is 20.8. The van der Waals surface area contributed by atoms with E-state index in [4.69, 9.17) is 42.6 Å². The first-order valence-corrected chi connectivity index (χ1v) is 16.2. The lowest BCUT2D eigenvalue weighted by molar-refractivity contribution is -0.139. The summed E-state index contributed by atoms with van der Waals surface area (Å²) in [6.45, 7) is 14.3. The van der Waals surface area contributed by atoms with Crippen LogP contribution in [0.25, 0.3) is 0 Å². The highest BCUT2D eigenvalue weighted by Crippen LogP contribution is 2.11. The highest BCUT2D eigenvalue weighted by molar-refractivity contribution is 5.81. The van der Waals surface area contributed by atoms with Gasteiger partial charge < -0.3 is 42.6 Å². The van der Waals surface area contributed by atoms with E-state index >= 15 is 0 Å². The van der Waals surface area contributed by atoms with E-state index < -0.39 is 5.97 Å². The fourth-order valence-electron chi connectivity index (χ4n) is 3.77. The molecule has 42 heavy (non-hydrogen) atoms. The van der Waals surface area contributed by atoms with E-state index in [9.17, 15) is 4.79 Å². The van der Waals surface area contributed by atoms with Crippen LogP contribution in [0.3, 0.4) is 0 Å². The zero-order valence-corrected chi connectivity index (χ0v) is 26.7. The van der Waals surface area contributed by atoms with Gasteiger partial charge in [0.1, 0.15) is 6.61 Å². The molecule has 0 aliphatic carbocycles. The van der Waals surface area contributed by atoms with Gasteiger partial charge in [-0.2, -0.15) is 0 Å². The molecule has 0 aromatic rings. The van der Waals surface area contributed by atoms with Crippen LogP contribution >= 0.6 is 0 Å². The fraction of sp³-hybridized carbons (Fsp3) is 0.906. The molecule has 0 unspecified atom stereocenters. The lowest BCUT2D eigenvalue weighted by Crippen LogP contribution is -2.15. The molecule has 10 heteroatoms. The molecule has 0 aliphatic rings. The second-order valence-corrected chi connectivity index (χ2v) is 9.81. The Hall–Kier alpha value is -1.11. The van der Waals surface area contributed by atoms with Gasteiger partial charge in [0.15, 0.2) is 0 Å². The number of carbonyl (C=O) groups is 1. The lowest BCUT2D eigenvalue weighted by Gasteiger charge is -2.09. The summed E-state index contributed by atoms with van der Waals surface area (Å²) in [6.07, 6.45) is 16.0. The van der Waals surface area contributed by atoms with Crippen molar-refractivity contribution in [1.29, 1.82) is 0 Å². The summed E-state index contributed by atoms with van der Waals surface area (Å²) in [4.78, 5) is 10.8. The molecule has 250 valence electrons. The first kappa shape index (κ1) is 40.9. The van der Waals surface area contributed by atoms with Crippen molar-refractivity contribution in [2.75, 3.05) is 112 Å². The van der Waals surface area contributed by atoms with Crippen molar-refractivity contribution in [3.8, 4) is 0 Å². The summed E-state index contributed by atoms with van der Waals surface area (Å²) < 4.78 is 48.5. The largest absolute Gasteiger partial charge is 0.460 e. The first-order valence-electron chi connectivity index (χ1n) is 16.2. The van der Waals surface area contributed by atoms with Crippen LogP contribution in [0.5, 0.6) is 0 Å². The Kier molecular flexibility index (Phi) is 36.9. The van der Waals surface area contributed by atoms with Crippen LogP contribution in [0, 0.1) is 0 Å². The Labute approximate surface area is 256 Å². The van der Waals surface area contributed by atoms with Crippen LogP contribution in [0.15, 0.2) is 12.7 Å². The van der Waals surface area contributed by atoms with E-state index in [0.29, 0.717) is 99.1 Å². The molecule has 0 N–H and O–H groups in total. The molecule has 0 heterocycles. The van der Waals surface area contributed by atoms with Gasteiger partial charge in [-0.05, 0) is 6.42 Å². The average molecular weight is 607 g/mol. The molecule has 0 radical (unpaired) electrons. The Morgan fingerprint density at radius 3 is 0.976 bits per heavy atom. The molecule has 0 aromatic heterocycles. The summed E-state index contributed by atoms with van der Waals surface area (Å²) >= 11 is 0. The topological polar surface area (TPSA) is 100 Å². The van der Waals surface area contributed by atoms with E-state index in [1.165, 1.54) is 64.2 Å². The maximum atomic E-state index is 10.8. The van der Waals surface area contributed by atoms with Gasteiger partial charge in [0.25, 0.3) is 0 Å². The molecule has 0 rings (SSSR count). The number of unbranched alkanes of at least 4 members (excludes halogenated alkanes) is 10. The zero-order valence-electron chi connectivity index (χ0n) is 26.7. The van der Waals surface area contributed by atoms with Crippen molar-refractivity contribution in [3.05, 3.63) is 12.7 Å². The molecular weight excluding hydrogens is 544 g/mol. The van der Waals surface area contributed by atoms with Crippen LogP contribution < -0.4 is 0 Å². The van der Waals surface area contributed by atoms with Gasteiger partial charge in [-0.15, -0.1) is 0 Å². The molecule has 0 aromatic carbocycles. The predicted octanol–water partition coefficient (Wildman–Crippen LogP) is 5.16. The molecule has 0 bridgehead atoms. The summed E-state index contributed by atoms with van der Waals surface area (Å²) in [5, 5.41) is 0. The second kappa shape index (κ2) is 37.9. The number of rotatable bonds is 37. The third-order valence-electron chi connectivity index (χ3n) is 6.13. The van der Waals surface area contributed by atoms with Crippen LogP contribution in [-0.4, -0.2) is 118 Å². The van der Waals surface area contributed by atoms with Gasteiger partial charge in [0.2, 0.25) is 0 Å². The van der Waals surface area contributed by atoms with Gasteiger partial charge in [0.05, 0.1) is 99.1 Å². The smallest absolute Gasteiger partial charge is 0.330 e. The third-order valence-corrected chi connectivity index (χ3v) is 6.13. The Morgan fingerprint density at radius 1 is 0.405 bits per heavy atom. The van der Waals surface area contributed by atoms with E-state index in [1.807, 2.05) is 0 Å². The Balaban J connectivity index is 3.04. The summed E-state index contributed by atoms with van der Waals surface area (Å²) in [5.41, 5.74) is 0. The van der Waals surface area contributed by atoms with Crippen molar-refractivity contribution in [3.63, 3.8) is 0 Å². The zero-order chi connectivity index (χ0) is 30.4. The number of esters is 1. The van der Waals surface area contributed by atoms with Crippen LogP contribution in [-0.2, 0) is 47.4 Å². The standard InChI is InChI=1S/C32H62O10/c1-3-5-6-7-8-9-10-11-12-13-14-15-34-16-17-35-18-19-36-20-21-37-22-23-38-24-25-39-26-27-40-28-29-41-30-31-42-32(33)4-2/h4H,2-3,5-31H2,1H3. The Morgan fingerprint density at radius 2 is 0.667 bits per heavy atom. The second-order valence-electron chi connectivity index (χ2n) is 9.81. The van der Waals surface area contributed by atoms with Crippen molar-refractivity contribution < 1.29 is 47.4 Å². The molecule has 0 aliphatic heterocycles. The molecule has 0 atom stereocenters. The van der Waals surface area contributed by atoms with Gasteiger partial charge in [-0.1, -0.05) is 77.7 Å². The minimum atomic E-state index is -0.452.